The van der Waals surface area contributed by atoms with E-state index in [0.29, 0.717) is 63.4 Å². The number of carbonyl (C=O) groups excluding carboxylic acids is 4. The van der Waals surface area contributed by atoms with E-state index in [4.69, 9.17) is 9.47 Å². The van der Waals surface area contributed by atoms with Gasteiger partial charge in [-0.3, -0.25) is 24.1 Å². The van der Waals surface area contributed by atoms with Crippen molar-refractivity contribution < 1.29 is 28.7 Å². The van der Waals surface area contributed by atoms with Gasteiger partial charge in [0, 0.05) is 58.6 Å². The minimum atomic E-state index is -0.375. The molecule has 0 aliphatic carbocycles. The zero-order chi connectivity index (χ0) is 22.7. The Morgan fingerprint density at radius 3 is 2.53 bits per heavy atom. The monoisotopic (exact) mass is 443 g/mol. The van der Waals surface area contributed by atoms with Crippen molar-refractivity contribution in [1.82, 2.24) is 14.7 Å². The number of methoxy groups -OCH3 is 1. The van der Waals surface area contributed by atoms with E-state index in [2.05, 4.69) is 0 Å². The molecule has 4 amide bonds. The zero-order valence-electron chi connectivity index (χ0n) is 18.4. The predicted octanol–water partition coefficient (Wildman–Crippen LogP) is 1.17. The lowest BCUT2D eigenvalue weighted by molar-refractivity contribution is -0.140. The minimum Gasteiger partial charge on any atom is -0.385 e. The number of amides is 4. The molecule has 9 heteroatoms. The molecule has 3 aliphatic heterocycles. The van der Waals surface area contributed by atoms with Crippen molar-refractivity contribution in [2.75, 3.05) is 53.0 Å². The third kappa shape index (κ3) is 4.40. The van der Waals surface area contributed by atoms with Crippen LogP contribution in [0, 0.1) is 0 Å². The summed E-state index contributed by atoms with van der Waals surface area (Å²) in [5.74, 6) is -0.901. The van der Waals surface area contributed by atoms with Crippen molar-refractivity contribution in [1.29, 1.82) is 0 Å². The second kappa shape index (κ2) is 9.79. The molecule has 3 aliphatic rings. The van der Waals surface area contributed by atoms with Crippen LogP contribution in [0.1, 0.15) is 56.8 Å². The number of benzene rings is 1. The normalized spacial score (nSPS) is 21.2. The molecular formula is C23H29N3O6. The SMILES string of the molecule is COCCCN1C(=O)c2ccc(C(=O)N3CCCN(C(=O)C4CCCO4)CC3)cc2C1=O. The summed E-state index contributed by atoms with van der Waals surface area (Å²) in [7, 11) is 1.57. The number of nitrogens with zero attached hydrogens (tertiary/aromatic N) is 3. The quantitative estimate of drug-likeness (QED) is 0.484. The van der Waals surface area contributed by atoms with Gasteiger partial charge in [-0.05, 0) is 43.9 Å². The largest absolute Gasteiger partial charge is 0.385 e. The standard InChI is InChI=1S/C23H29N3O6/c1-31-13-4-10-26-21(28)17-7-6-16(15-18(17)22(26)29)20(27)24-8-3-9-25(12-11-24)23(30)19-5-2-14-32-19/h6-7,15,19H,2-5,8-14H2,1H3. The molecule has 32 heavy (non-hydrogen) atoms. The summed E-state index contributed by atoms with van der Waals surface area (Å²) < 4.78 is 10.5. The average Bonchev–Trinajstić information content (AvgIpc) is 3.33. The summed E-state index contributed by atoms with van der Waals surface area (Å²) in [6.45, 7) is 3.36. The van der Waals surface area contributed by atoms with Gasteiger partial charge in [-0.25, -0.2) is 0 Å². The van der Waals surface area contributed by atoms with Crippen LogP contribution in [0.3, 0.4) is 0 Å². The van der Waals surface area contributed by atoms with E-state index in [-0.39, 0.29) is 41.8 Å². The van der Waals surface area contributed by atoms with Crippen molar-refractivity contribution in [3.8, 4) is 0 Å². The van der Waals surface area contributed by atoms with Gasteiger partial charge in [-0.2, -0.15) is 0 Å². The van der Waals surface area contributed by atoms with Crippen LogP contribution in [-0.4, -0.2) is 97.5 Å². The van der Waals surface area contributed by atoms with E-state index >= 15 is 0 Å². The summed E-state index contributed by atoms with van der Waals surface area (Å²) in [5, 5.41) is 0. The summed E-state index contributed by atoms with van der Waals surface area (Å²) in [6.07, 6.45) is 2.53. The van der Waals surface area contributed by atoms with Crippen molar-refractivity contribution in [3.05, 3.63) is 34.9 Å². The Morgan fingerprint density at radius 1 is 1.03 bits per heavy atom. The first-order valence-electron chi connectivity index (χ1n) is 11.2. The molecule has 0 aromatic heterocycles. The number of imide groups is 1. The fourth-order valence-electron chi connectivity index (χ4n) is 4.49. The summed E-state index contributed by atoms with van der Waals surface area (Å²) >= 11 is 0. The minimum absolute atomic E-state index is 0.00648. The van der Waals surface area contributed by atoms with Gasteiger partial charge >= 0.3 is 0 Å². The first-order valence-corrected chi connectivity index (χ1v) is 11.2. The molecule has 0 spiro atoms. The van der Waals surface area contributed by atoms with Gasteiger partial charge in [0.2, 0.25) is 0 Å². The van der Waals surface area contributed by atoms with E-state index in [9.17, 15) is 19.2 Å². The fourth-order valence-corrected chi connectivity index (χ4v) is 4.49. The van der Waals surface area contributed by atoms with Gasteiger partial charge in [0.05, 0.1) is 11.1 Å². The second-order valence-electron chi connectivity index (χ2n) is 8.34. The highest BCUT2D eigenvalue weighted by molar-refractivity contribution is 6.22. The van der Waals surface area contributed by atoms with Crippen molar-refractivity contribution in [2.45, 2.75) is 31.8 Å². The van der Waals surface area contributed by atoms with E-state index < -0.39 is 0 Å². The third-order valence-corrected chi connectivity index (χ3v) is 6.25. The maximum absolute atomic E-state index is 13.1. The van der Waals surface area contributed by atoms with Gasteiger partial charge < -0.3 is 19.3 Å². The van der Waals surface area contributed by atoms with Gasteiger partial charge in [-0.15, -0.1) is 0 Å². The maximum atomic E-state index is 13.1. The molecule has 1 atom stereocenters. The van der Waals surface area contributed by atoms with Crippen LogP contribution in [0.2, 0.25) is 0 Å². The van der Waals surface area contributed by atoms with E-state index in [1.807, 2.05) is 0 Å². The van der Waals surface area contributed by atoms with Crippen molar-refractivity contribution >= 4 is 23.6 Å². The van der Waals surface area contributed by atoms with Crippen LogP contribution in [0.15, 0.2) is 18.2 Å². The molecule has 2 saturated heterocycles. The lowest BCUT2D eigenvalue weighted by atomic mass is 10.0. The van der Waals surface area contributed by atoms with Crippen LogP contribution in [-0.2, 0) is 14.3 Å². The number of ether oxygens (including phenoxy) is 2. The van der Waals surface area contributed by atoms with E-state index in [1.165, 1.54) is 11.0 Å². The fraction of sp³-hybridized carbons (Fsp3) is 0.565. The van der Waals surface area contributed by atoms with Crippen LogP contribution < -0.4 is 0 Å². The summed E-state index contributed by atoms with van der Waals surface area (Å²) in [6, 6.07) is 4.68. The molecular weight excluding hydrogens is 414 g/mol. The van der Waals surface area contributed by atoms with Crippen molar-refractivity contribution in [2.24, 2.45) is 0 Å². The molecule has 172 valence electrons. The van der Waals surface area contributed by atoms with E-state index in [1.54, 1.807) is 29.0 Å². The lowest BCUT2D eigenvalue weighted by Gasteiger charge is -2.24. The summed E-state index contributed by atoms with van der Waals surface area (Å²) in [5.41, 5.74) is 0.971. The van der Waals surface area contributed by atoms with Crippen LogP contribution in [0.4, 0.5) is 0 Å². The number of rotatable bonds is 6. The first kappa shape index (κ1) is 22.4. The van der Waals surface area contributed by atoms with Crippen LogP contribution in [0.5, 0.6) is 0 Å². The van der Waals surface area contributed by atoms with Gasteiger partial charge in [0.1, 0.15) is 6.10 Å². The number of hydrogen-bond donors (Lipinski definition) is 0. The Morgan fingerprint density at radius 2 is 1.78 bits per heavy atom. The Balaban J connectivity index is 1.42. The summed E-state index contributed by atoms with van der Waals surface area (Å²) in [4.78, 5) is 55.8. The highest BCUT2D eigenvalue weighted by Gasteiger charge is 2.36. The first-order chi connectivity index (χ1) is 15.5. The number of carbonyl (C=O) groups is 4. The van der Waals surface area contributed by atoms with Crippen LogP contribution >= 0.6 is 0 Å². The predicted molar refractivity (Wildman–Crippen MR) is 114 cm³/mol. The lowest BCUT2D eigenvalue weighted by Crippen LogP contribution is -2.41. The topological polar surface area (TPSA) is 96.5 Å². The molecule has 0 radical (unpaired) electrons. The second-order valence-corrected chi connectivity index (χ2v) is 8.34. The molecule has 4 rings (SSSR count). The Labute approximate surface area is 187 Å². The molecule has 0 saturated carbocycles. The molecule has 1 aromatic carbocycles. The van der Waals surface area contributed by atoms with E-state index in [0.717, 1.165) is 12.8 Å². The Bertz CT molecular complexity index is 911. The Kier molecular flexibility index (Phi) is 6.86. The molecule has 0 N–H and O–H groups in total. The number of hydrogen-bond acceptors (Lipinski definition) is 6. The average molecular weight is 444 g/mol. The van der Waals surface area contributed by atoms with Gasteiger partial charge in [-0.1, -0.05) is 0 Å². The van der Waals surface area contributed by atoms with Crippen molar-refractivity contribution in [3.63, 3.8) is 0 Å². The molecule has 9 nitrogen and oxygen atoms in total. The van der Waals surface area contributed by atoms with Gasteiger partial charge in [0.15, 0.2) is 0 Å². The van der Waals surface area contributed by atoms with Gasteiger partial charge in [0.25, 0.3) is 23.6 Å². The third-order valence-electron chi connectivity index (χ3n) is 6.25. The smallest absolute Gasteiger partial charge is 0.261 e. The van der Waals surface area contributed by atoms with Crippen LogP contribution in [0.25, 0.3) is 0 Å². The molecule has 0 bridgehead atoms. The maximum Gasteiger partial charge on any atom is 0.261 e. The zero-order valence-corrected chi connectivity index (χ0v) is 18.4. The number of fused-ring (bicyclic) bond motifs is 1. The molecule has 1 aromatic rings. The molecule has 3 heterocycles. The molecule has 1 unspecified atom stereocenters. The highest BCUT2D eigenvalue weighted by Crippen LogP contribution is 2.25. The highest BCUT2D eigenvalue weighted by atomic mass is 16.5. The Hall–Kier alpha value is -2.78. The molecule has 2 fully saturated rings.